The second kappa shape index (κ2) is 5.75. The van der Waals surface area contributed by atoms with Crippen LogP contribution < -0.4 is 5.32 Å². The summed E-state index contributed by atoms with van der Waals surface area (Å²) in [7, 11) is 0. The number of hydrogen-bond donors (Lipinski definition) is 2. The number of amides is 2. The summed E-state index contributed by atoms with van der Waals surface area (Å²) in [5, 5.41) is 12.1. The van der Waals surface area contributed by atoms with Crippen molar-refractivity contribution in [2.45, 2.75) is 31.5 Å². The van der Waals surface area contributed by atoms with E-state index in [1.54, 1.807) is 6.92 Å². The summed E-state index contributed by atoms with van der Waals surface area (Å²) in [6.07, 6.45) is -5.83. The zero-order valence-corrected chi connectivity index (χ0v) is 11.9. The molecule has 0 saturated carbocycles. The van der Waals surface area contributed by atoms with Crippen LogP contribution in [0.25, 0.3) is 0 Å². The molecule has 2 N–H and O–H groups in total. The molecule has 22 heavy (non-hydrogen) atoms. The van der Waals surface area contributed by atoms with Crippen molar-refractivity contribution in [3.05, 3.63) is 29.6 Å². The Labute approximate surface area is 124 Å². The van der Waals surface area contributed by atoms with Crippen LogP contribution in [0.3, 0.4) is 0 Å². The van der Waals surface area contributed by atoms with Crippen molar-refractivity contribution in [3.8, 4) is 0 Å². The SMILES string of the molecule is Cc1cc(F)ccc1NC(=O)N1CCC(O)(C(F)(F)F)CC1. The Kier molecular flexibility index (Phi) is 4.32. The van der Waals surface area contributed by atoms with E-state index in [0.29, 0.717) is 11.3 Å². The van der Waals surface area contributed by atoms with E-state index in [1.807, 2.05) is 0 Å². The lowest BCUT2D eigenvalue weighted by Gasteiger charge is -2.39. The number of aliphatic hydroxyl groups is 1. The predicted octanol–water partition coefficient (Wildman–Crippen LogP) is 3.06. The molecule has 2 rings (SSSR count). The van der Waals surface area contributed by atoms with E-state index in [2.05, 4.69) is 5.32 Å². The van der Waals surface area contributed by atoms with Crippen LogP contribution in [-0.2, 0) is 0 Å². The van der Waals surface area contributed by atoms with Gasteiger partial charge in [0.1, 0.15) is 5.82 Å². The maximum atomic E-state index is 13.0. The summed E-state index contributed by atoms with van der Waals surface area (Å²) in [6, 6.07) is 3.24. The molecule has 8 heteroatoms. The van der Waals surface area contributed by atoms with Gasteiger partial charge in [0.15, 0.2) is 5.60 Å². The van der Waals surface area contributed by atoms with Crippen LogP contribution in [0.15, 0.2) is 18.2 Å². The summed E-state index contributed by atoms with van der Waals surface area (Å²) in [4.78, 5) is 13.2. The number of hydrogen-bond acceptors (Lipinski definition) is 2. The van der Waals surface area contributed by atoms with Gasteiger partial charge in [-0.2, -0.15) is 13.2 Å². The van der Waals surface area contributed by atoms with Crippen molar-refractivity contribution >= 4 is 11.7 Å². The van der Waals surface area contributed by atoms with E-state index >= 15 is 0 Å². The van der Waals surface area contributed by atoms with Crippen LogP contribution in [0.2, 0.25) is 0 Å². The van der Waals surface area contributed by atoms with Gasteiger partial charge in [-0.25, -0.2) is 9.18 Å². The van der Waals surface area contributed by atoms with Gasteiger partial charge < -0.3 is 15.3 Å². The van der Waals surface area contributed by atoms with Crippen LogP contribution in [0.5, 0.6) is 0 Å². The van der Waals surface area contributed by atoms with Gasteiger partial charge in [0.2, 0.25) is 0 Å². The minimum Gasteiger partial charge on any atom is -0.380 e. The molecular formula is C14H16F4N2O2. The molecule has 1 aliphatic rings. The molecule has 1 aromatic carbocycles. The van der Waals surface area contributed by atoms with Crippen LogP contribution >= 0.6 is 0 Å². The zero-order chi connectivity index (χ0) is 16.5. The Morgan fingerprint density at radius 1 is 1.32 bits per heavy atom. The third-order valence-corrected chi connectivity index (χ3v) is 3.84. The number of aryl methyl sites for hydroxylation is 1. The Morgan fingerprint density at radius 2 is 1.91 bits per heavy atom. The molecule has 4 nitrogen and oxygen atoms in total. The van der Waals surface area contributed by atoms with Gasteiger partial charge in [0.05, 0.1) is 0 Å². The highest BCUT2D eigenvalue weighted by molar-refractivity contribution is 5.90. The molecule has 0 aromatic heterocycles. The standard InChI is InChI=1S/C14H16F4N2O2/c1-9-8-10(15)2-3-11(9)19-12(21)20-6-4-13(22,5-7-20)14(16,17)18/h2-3,8,22H,4-7H2,1H3,(H,19,21). The first-order valence-corrected chi connectivity index (χ1v) is 6.73. The molecule has 1 saturated heterocycles. The average Bonchev–Trinajstić information content (AvgIpc) is 2.41. The third-order valence-electron chi connectivity index (χ3n) is 3.84. The largest absolute Gasteiger partial charge is 0.417 e. The third kappa shape index (κ3) is 3.32. The Bertz CT molecular complexity index is 566. The number of benzene rings is 1. The second-order valence-electron chi connectivity index (χ2n) is 5.41. The number of carbonyl (C=O) groups excluding carboxylic acids is 1. The van der Waals surface area contributed by atoms with Gasteiger partial charge in [0.25, 0.3) is 0 Å². The van der Waals surface area contributed by atoms with E-state index in [0.717, 1.165) is 0 Å². The molecule has 0 spiro atoms. The number of urea groups is 1. The number of nitrogens with one attached hydrogen (secondary N) is 1. The first kappa shape index (κ1) is 16.5. The second-order valence-corrected chi connectivity index (χ2v) is 5.41. The van der Waals surface area contributed by atoms with Crippen LogP contribution in [0.1, 0.15) is 18.4 Å². The molecule has 122 valence electrons. The smallest absolute Gasteiger partial charge is 0.380 e. The summed E-state index contributed by atoms with van der Waals surface area (Å²) in [6.45, 7) is 1.20. The quantitative estimate of drug-likeness (QED) is 0.782. The first-order chi connectivity index (χ1) is 10.1. The lowest BCUT2D eigenvalue weighted by molar-refractivity contribution is -0.271. The molecule has 1 heterocycles. The maximum Gasteiger partial charge on any atom is 0.417 e. The first-order valence-electron chi connectivity index (χ1n) is 6.73. The van der Waals surface area contributed by atoms with Crippen molar-refractivity contribution in [1.29, 1.82) is 0 Å². The molecule has 1 fully saturated rings. The normalized spacial score (nSPS) is 18.2. The fourth-order valence-electron chi connectivity index (χ4n) is 2.32. The molecule has 0 atom stereocenters. The van der Waals surface area contributed by atoms with E-state index in [1.165, 1.54) is 23.1 Å². The number of carbonyl (C=O) groups is 1. The highest BCUT2D eigenvalue weighted by atomic mass is 19.4. The molecule has 0 unspecified atom stereocenters. The molecule has 0 radical (unpaired) electrons. The van der Waals surface area contributed by atoms with Gasteiger partial charge in [0, 0.05) is 31.6 Å². The molecule has 1 aliphatic heterocycles. The summed E-state index contributed by atoms with van der Waals surface area (Å²) < 4.78 is 51.0. The number of rotatable bonds is 1. The van der Waals surface area contributed by atoms with Crippen molar-refractivity contribution < 1.29 is 27.5 Å². The minimum atomic E-state index is -4.71. The lowest BCUT2D eigenvalue weighted by atomic mass is 9.91. The van der Waals surface area contributed by atoms with Crippen molar-refractivity contribution in [3.63, 3.8) is 0 Å². The number of piperidine rings is 1. The molecule has 2 amide bonds. The summed E-state index contributed by atoms with van der Waals surface area (Å²) in [5.41, 5.74) is -1.84. The Balaban J connectivity index is 1.98. The van der Waals surface area contributed by atoms with E-state index in [9.17, 15) is 27.5 Å². The van der Waals surface area contributed by atoms with Gasteiger partial charge in [-0.1, -0.05) is 0 Å². The van der Waals surface area contributed by atoms with Crippen LogP contribution in [-0.4, -0.2) is 40.9 Å². The Hall–Kier alpha value is -1.83. The van der Waals surface area contributed by atoms with Crippen molar-refractivity contribution in [1.82, 2.24) is 4.90 Å². The number of halogens is 4. The van der Waals surface area contributed by atoms with Crippen molar-refractivity contribution in [2.24, 2.45) is 0 Å². The number of alkyl halides is 3. The molecule has 0 bridgehead atoms. The molecular weight excluding hydrogens is 304 g/mol. The number of likely N-dealkylation sites (tertiary alicyclic amines) is 1. The molecule has 1 aromatic rings. The number of nitrogens with zero attached hydrogens (tertiary/aromatic N) is 1. The van der Waals surface area contributed by atoms with E-state index < -0.39 is 36.5 Å². The van der Waals surface area contributed by atoms with Gasteiger partial charge in [-0.15, -0.1) is 0 Å². The van der Waals surface area contributed by atoms with E-state index in [-0.39, 0.29) is 13.1 Å². The minimum absolute atomic E-state index is 0.206. The van der Waals surface area contributed by atoms with Crippen molar-refractivity contribution in [2.75, 3.05) is 18.4 Å². The average molecular weight is 320 g/mol. The fraction of sp³-hybridized carbons (Fsp3) is 0.500. The Morgan fingerprint density at radius 3 is 2.41 bits per heavy atom. The lowest BCUT2D eigenvalue weighted by Crippen LogP contribution is -2.55. The maximum absolute atomic E-state index is 13.0. The zero-order valence-electron chi connectivity index (χ0n) is 11.9. The predicted molar refractivity (Wildman–Crippen MR) is 72.0 cm³/mol. The van der Waals surface area contributed by atoms with Crippen LogP contribution in [0.4, 0.5) is 28.0 Å². The summed E-state index contributed by atoms with van der Waals surface area (Å²) >= 11 is 0. The van der Waals surface area contributed by atoms with Gasteiger partial charge >= 0.3 is 12.2 Å². The molecule has 0 aliphatic carbocycles. The van der Waals surface area contributed by atoms with Gasteiger partial charge in [-0.3, -0.25) is 0 Å². The van der Waals surface area contributed by atoms with E-state index in [4.69, 9.17) is 0 Å². The fourth-order valence-corrected chi connectivity index (χ4v) is 2.32. The highest BCUT2D eigenvalue weighted by Gasteiger charge is 2.54. The van der Waals surface area contributed by atoms with Gasteiger partial charge in [-0.05, 0) is 30.7 Å². The highest BCUT2D eigenvalue weighted by Crippen LogP contribution is 2.38. The number of anilines is 1. The monoisotopic (exact) mass is 320 g/mol. The van der Waals surface area contributed by atoms with Crippen LogP contribution in [0, 0.1) is 12.7 Å². The summed E-state index contributed by atoms with van der Waals surface area (Å²) in [5.74, 6) is -0.441. The topological polar surface area (TPSA) is 52.6 Å².